The van der Waals surface area contributed by atoms with Crippen LogP contribution in [0.1, 0.15) is 61.9 Å². The fraction of sp³-hybridized carbons (Fsp3) is 0.348. The molecular formula is C23H26N4O. The lowest BCUT2D eigenvalue weighted by atomic mass is 9.78. The van der Waals surface area contributed by atoms with Gasteiger partial charge in [0.1, 0.15) is 6.29 Å². The van der Waals surface area contributed by atoms with Gasteiger partial charge in [0.2, 0.25) is 5.95 Å². The van der Waals surface area contributed by atoms with E-state index in [2.05, 4.69) is 35.2 Å². The second kappa shape index (κ2) is 8.71. The molecule has 0 spiro atoms. The average Bonchev–Trinajstić information content (AvgIpc) is 3.10. The number of aldehydes is 1. The van der Waals surface area contributed by atoms with Crippen LogP contribution in [0.2, 0.25) is 0 Å². The summed E-state index contributed by atoms with van der Waals surface area (Å²) in [7, 11) is 0. The molecule has 1 fully saturated rings. The van der Waals surface area contributed by atoms with Crippen LogP contribution in [0.4, 0.5) is 11.6 Å². The van der Waals surface area contributed by atoms with Crippen molar-refractivity contribution in [2.75, 3.05) is 5.32 Å². The van der Waals surface area contributed by atoms with E-state index >= 15 is 0 Å². The molecule has 0 aliphatic heterocycles. The van der Waals surface area contributed by atoms with Gasteiger partial charge in [-0.25, -0.2) is 4.98 Å². The minimum absolute atomic E-state index is 0.591. The summed E-state index contributed by atoms with van der Waals surface area (Å²) in [4.78, 5) is 18.2. The highest BCUT2D eigenvalue weighted by atomic mass is 16.1. The molecule has 5 nitrogen and oxygen atoms in total. The molecule has 144 valence electrons. The quantitative estimate of drug-likeness (QED) is 0.554. The Kier molecular flexibility index (Phi) is 6.10. The topological polar surface area (TPSA) is 81.6 Å². The van der Waals surface area contributed by atoms with E-state index < -0.39 is 0 Å². The predicted octanol–water partition coefficient (Wildman–Crippen LogP) is 5.97. The minimum atomic E-state index is 0.591. The number of hydrogen-bond acceptors (Lipinski definition) is 4. The highest BCUT2D eigenvalue weighted by Gasteiger charge is 2.19. The monoisotopic (exact) mass is 374 g/mol. The average molecular weight is 374 g/mol. The summed E-state index contributed by atoms with van der Waals surface area (Å²) >= 11 is 0. The van der Waals surface area contributed by atoms with Gasteiger partial charge in [-0.3, -0.25) is 4.79 Å². The van der Waals surface area contributed by atoms with Crippen molar-refractivity contribution in [3.05, 3.63) is 53.6 Å². The lowest BCUT2D eigenvalue weighted by Crippen LogP contribution is -2.14. The second-order valence-electron chi connectivity index (χ2n) is 8.02. The Morgan fingerprint density at radius 2 is 1.82 bits per heavy atom. The van der Waals surface area contributed by atoms with Crippen LogP contribution in [0.3, 0.4) is 0 Å². The van der Waals surface area contributed by atoms with Gasteiger partial charge in [0.15, 0.2) is 0 Å². The number of anilines is 2. The molecule has 0 bridgehead atoms. The van der Waals surface area contributed by atoms with Crippen LogP contribution < -0.4 is 5.32 Å². The van der Waals surface area contributed by atoms with Gasteiger partial charge < -0.3 is 10.3 Å². The van der Waals surface area contributed by atoms with Crippen molar-refractivity contribution >= 4 is 29.0 Å². The minimum Gasteiger partial charge on any atom is -0.326 e. The van der Waals surface area contributed by atoms with Crippen LogP contribution >= 0.6 is 0 Å². The number of aromatic amines is 1. The van der Waals surface area contributed by atoms with Gasteiger partial charge in [0, 0.05) is 11.3 Å². The largest absolute Gasteiger partial charge is 0.326 e. The van der Waals surface area contributed by atoms with Crippen LogP contribution in [0.15, 0.2) is 42.5 Å². The van der Waals surface area contributed by atoms with Crippen molar-refractivity contribution < 1.29 is 4.79 Å². The van der Waals surface area contributed by atoms with Gasteiger partial charge in [-0.05, 0) is 60.7 Å². The highest BCUT2D eigenvalue weighted by Crippen LogP contribution is 2.34. The van der Waals surface area contributed by atoms with E-state index in [9.17, 15) is 4.79 Å². The number of hydrogen-bond donors (Lipinski definition) is 2. The SMILES string of the molecule is CC1(C)CCCCC1.N#Cc1ccc(Nc2nc3ccc(C=O)cc3[nH]2)cc1. The summed E-state index contributed by atoms with van der Waals surface area (Å²) in [5, 5.41) is 11.9. The van der Waals surface area contributed by atoms with Gasteiger partial charge in [-0.2, -0.15) is 5.26 Å². The molecule has 1 aromatic heterocycles. The summed E-state index contributed by atoms with van der Waals surface area (Å²) in [6.07, 6.45) is 8.11. The number of benzene rings is 2. The van der Waals surface area contributed by atoms with E-state index in [0.29, 0.717) is 22.5 Å². The predicted molar refractivity (Wildman–Crippen MR) is 113 cm³/mol. The molecule has 4 rings (SSSR count). The van der Waals surface area contributed by atoms with Crippen molar-refractivity contribution in [1.29, 1.82) is 5.26 Å². The van der Waals surface area contributed by atoms with Crippen LogP contribution in [0.25, 0.3) is 11.0 Å². The molecule has 1 aliphatic carbocycles. The zero-order valence-corrected chi connectivity index (χ0v) is 16.5. The van der Waals surface area contributed by atoms with Gasteiger partial charge in [-0.15, -0.1) is 0 Å². The number of aromatic nitrogens is 2. The van der Waals surface area contributed by atoms with Gasteiger partial charge >= 0.3 is 0 Å². The van der Waals surface area contributed by atoms with Crippen molar-refractivity contribution in [1.82, 2.24) is 9.97 Å². The summed E-state index contributed by atoms with van der Waals surface area (Å²) < 4.78 is 0. The molecule has 0 atom stereocenters. The third-order valence-electron chi connectivity index (χ3n) is 5.13. The Hall–Kier alpha value is -3.13. The van der Waals surface area contributed by atoms with Crippen LogP contribution in [0.5, 0.6) is 0 Å². The second-order valence-corrected chi connectivity index (χ2v) is 8.02. The van der Waals surface area contributed by atoms with Crippen molar-refractivity contribution in [2.24, 2.45) is 5.41 Å². The number of rotatable bonds is 3. The summed E-state index contributed by atoms with van der Waals surface area (Å²) in [5.41, 5.74) is 4.30. The number of carbonyl (C=O) groups is 1. The van der Waals surface area contributed by atoms with E-state index in [4.69, 9.17) is 5.26 Å². The Balaban J connectivity index is 0.000000236. The molecule has 0 unspecified atom stereocenters. The molecule has 1 heterocycles. The maximum atomic E-state index is 10.7. The summed E-state index contributed by atoms with van der Waals surface area (Å²) in [6.45, 7) is 4.76. The third kappa shape index (κ3) is 5.20. The van der Waals surface area contributed by atoms with E-state index in [-0.39, 0.29) is 0 Å². The van der Waals surface area contributed by atoms with Crippen LogP contribution in [-0.2, 0) is 0 Å². The number of fused-ring (bicyclic) bond motifs is 1. The van der Waals surface area contributed by atoms with Gasteiger partial charge in [0.25, 0.3) is 0 Å². The smallest absolute Gasteiger partial charge is 0.205 e. The van der Waals surface area contributed by atoms with E-state index in [1.54, 1.807) is 30.3 Å². The fourth-order valence-electron chi connectivity index (χ4n) is 3.43. The maximum absolute atomic E-state index is 10.7. The molecule has 0 radical (unpaired) electrons. The van der Waals surface area contributed by atoms with Crippen LogP contribution in [0, 0.1) is 16.7 Å². The number of carbonyl (C=O) groups excluding carboxylic acids is 1. The Morgan fingerprint density at radius 3 is 2.39 bits per heavy atom. The zero-order valence-electron chi connectivity index (χ0n) is 16.5. The highest BCUT2D eigenvalue weighted by molar-refractivity contribution is 5.86. The number of nitrogens with zero attached hydrogens (tertiary/aromatic N) is 2. The molecule has 2 N–H and O–H groups in total. The molecule has 0 amide bonds. The molecule has 2 aromatic carbocycles. The standard InChI is InChI=1S/C15H10N4O.C8H16/c16-8-10-1-4-12(5-2-10)17-15-18-13-6-3-11(9-20)7-14(13)19-15;1-8(2)6-4-3-5-7-8/h1-7,9H,(H2,17,18,19);3-7H2,1-2H3. The Labute approximate surface area is 165 Å². The molecule has 1 aliphatic rings. The zero-order chi connectivity index (χ0) is 20.0. The Bertz CT molecular complexity index is 972. The van der Waals surface area contributed by atoms with Crippen molar-refractivity contribution in [3.8, 4) is 6.07 Å². The van der Waals surface area contributed by atoms with E-state index in [1.165, 1.54) is 32.1 Å². The normalized spacial score (nSPS) is 15.2. The molecule has 1 saturated carbocycles. The number of H-pyrrole nitrogens is 1. The van der Waals surface area contributed by atoms with Gasteiger partial charge in [0.05, 0.1) is 22.7 Å². The molecular weight excluding hydrogens is 348 g/mol. The molecule has 5 heteroatoms. The fourth-order valence-corrected chi connectivity index (χ4v) is 3.43. The number of imidazole rings is 1. The molecule has 3 aromatic rings. The van der Waals surface area contributed by atoms with E-state index in [0.717, 1.165) is 23.0 Å². The van der Waals surface area contributed by atoms with Crippen molar-refractivity contribution in [3.63, 3.8) is 0 Å². The molecule has 0 saturated heterocycles. The number of nitriles is 1. The lowest BCUT2D eigenvalue weighted by Gasteiger charge is -2.28. The maximum Gasteiger partial charge on any atom is 0.205 e. The van der Waals surface area contributed by atoms with E-state index in [1.807, 2.05) is 12.1 Å². The number of nitrogens with one attached hydrogen (secondary N) is 2. The van der Waals surface area contributed by atoms with Crippen LogP contribution in [-0.4, -0.2) is 16.3 Å². The first kappa shape index (κ1) is 19.6. The Morgan fingerprint density at radius 1 is 1.11 bits per heavy atom. The molecule has 28 heavy (non-hydrogen) atoms. The third-order valence-corrected chi connectivity index (χ3v) is 5.13. The first-order chi connectivity index (χ1) is 13.5. The summed E-state index contributed by atoms with van der Waals surface area (Å²) in [5.74, 6) is 0.591. The summed E-state index contributed by atoms with van der Waals surface area (Å²) in [6, 6.07) is 14.4. The van der Waals surface area contributed by atoms with Gasteiger partial charge in [-0.1, -0.05) is 33.1 Å². The first-order valence-corrected chi connectivity index (χ1v) is 9.71. The first-order valence-electron chi connectivity index (χ1n) is 9.71. The lowest BCUT2D eigenvalue weighted by molar-refractivity contribution is 0.112. The van der Waals surface area contributed by atoms with Crippen molar-refractivity contribution in [2.45, 2.75) is 46.0 Å².